The number of carbonyl (C=O) groups is 2. The maximum Gasteiger partial charge on any atom is 0.252 e. The summed E-state index contributed by atoms with van der Waals surface area (Å²) in [5, 5.41) is 5.90. The number of carbonyl (C=O) groups excluding carboxylic acids is 2. The van der Waals surface area contributed by atoms with Crippen LogP contribution < -0.4 is 20.1 Å². The Bertz CT molecular complexity index is 1130. The molecule has 0 saturated heterocycles. The van der Waals surface area contributed by atoms with Gasteiger partial charge in [-0.05, 0) is 44.2 Å². The SMILES string of the molecule is COc1cccc(NC(=O)CSc2ccccc2C(=O)NC(C)c2cc(C)ccc2OC)c1. The van der Waals surface area contributed by atoms with Crippen LogP contribution in [0.25, 0.3) is 0 Å². The average Bonchev–Trinajstić information content (AvgIpc) is 2.83. The second kappa shape index (κ2) is 11.4. The first kappa shape index (κ1) is 24.2. The Morgan fingerprint density at radius 3 is 2.52 bits per heavy atom. The maximum absolute atomic E-state index is 13.1. The van der Waals surface area contributed by atoms with Crippen LogP contribution in [-0.4, -0.2) is 31.8 Å². The Morgan fingerprint density at radius 2 is 1.76 bits per heavy atom. The molecule has 0 aliphatic rings. The molecule has 1 unspecified atom stereocenters. The molecule has 33 heavy (non-hydrogen) atoms. The van der Waals surface area contributed by atoms with Gasteiger partial charge in [-0.25, -0.2) is 0 Å². The summed E-state index contributed by atoms with van der Waals surface area (Å²) in [5.41, 5.74) is 3.18. The summed E-state index contributed by atoms with van der Waals surface area (Å²) in [6.07, 6.45) is 0. The molecule has 1 atom stereocenters. The summed E-state index contributed by atoms with van der Waals surface area (Å²) >= 11 is 1.32. The van der Waals surface area contributed by atoms with Gasteiger partial charge in [-0.2, -0.15) is 0 Å². The summed E-state index contributed by atoms with van der Waals surface area (Å²) in [6.45, 7) is 3.92. The quantitative estimate of drug-likeness (QED) is 0.424. The van der Waals surface area contributed by atoms with Crippen molar-refractivity contribution in [2.75, 3.05) is 25.3 Å². The lowest BCUT2D eigenvalue weighted by Crippen LogP contribution is -2.27. The lowest BCUT2D eigenvalue weighted by atomic mass is 10.0. The number of amides is 2. The van der Waals surface area contributed by atoms with E-state index >= 15 is 0 Å². The van der Waals surface area contributed by atoms with Crippen molar-refractivity contribution in [1.29, 1.82) is 0 Å². The van der Waals surface area contributed by atoms with Gasteiger partial charge in [-0.3, -0.25) is 9.59 Å². The van der Waals surface area contributed by atoms with Gasteiger partial charge in [0.05, 0.1) is 31.6 Å². The van der Waals surface area contributed by atoms with Gasteiger partial charge in [0.1, 0.15) is 11.5 Å². The normalized spacial score (nSPS) is 11.4. The van der Waals surface area contributed by atoms with E-state index < -0.39 is 0 Å². The lowest BCUT2D eigenvalue weighted by molar-refractivity contribution is -0.113. The van der Waals surface area contributed by atoms with Gasteiger partial charge < -0.3 is 20.1 Å². The van der Waals surface area contributed by atoms with Gasteiger partial charge in [0.15, 0.2) is 0 Å². The van der Waals surface area contributed by atoms with E-state index in [4.69, 9.17) is 9.47 Å². The third-order valence-corrected chi connectivity index (χ3v) is 6.12. The van der Waals surface area contributed by atoms with Crippen molar-refractivity contribution in [2.24, 2.45) is 0 Å². The van der Waals surface area contributed by atoms with Crippen molar-refractivity contribution >= 4 is 29.3 Å². The van der Waals surface area contributed by atoms with Crippen molar-refractivity contribution in [3.8, 4) is 11.5 Å². The smallest absolute Gasteiger partial charge is 0.252 e. The van der Waals surface area contributed by atoms with Gasteiger partial charge in [-0.15, -0.1) is 11.8 Å². The number of anilines is 1. The zero-order valence-corrected chi connectivity index (χ0v) is 20.0. The summed E-state index contributed by atoms with van der Waals surface area (Å²) in [6, 6.07) is 20.1. The molecule has 6 nitrogen and oxygen atoms in total. The van der Waals surface area contributed by atoms with Crippen LogP contribution in [0.2, 0.25) is 0 Å². The fraction of sp³-hybridized carbons (Fsp3) is 0.231. The summed E-state index contributed by atoms with van der Waals surface area (Å²) in [7, 11) is 3.19. The molecule has 2 N–H and O–H groups in total. The minimum atomic E-state index is -0.248. The van der Waals surface area contributed by atoms with Crippen LogP contribution in [0.4, 0.5) is 5.69 Å². The van der Waals surface area contributed by atoms with Crippen molar-refractivity contribution < 1.29 is 19.1 Å². The fourth-order valence-corrected chi connectivity index (χ4v) is 4.22. The molecule has 3 rings (SSSR count). The highest BCUT2D eigenvalue weighted by molar-refractivity contribution is 8.00. The first-order valence-electron chi connectivity index (χ1n) is 10.5. The monoisotopic (exact) mass is 464 g/mol. The van der Waals surface area contributed by atoms with E-state index in [1.54, 1.807) is 32.4 Å². The van der Waals surface area contributed by atoms with Gasteiger partial charge >= 0.3 is 0 Å². The predicted molar refractivity (Wildman–Crippen MR) is 132 cm³/mol. The molecule has 0 spiro atoms. The number of rotatable bonds is 9. The molecule has 3 aromatic carbocycles. The standard InChI is InChI=1S/C26H28N2O4S/c1-17-12-13-23(32-4)22(14-17)18(2)27-26(30)21-10-5-6-11-24(21)33-16-25(29)28-19-8-7-9-20(15-19)31-3/h5-15,18H,16H2,1-4H3,(H,27,30)(H,28,29). The number of benzene rings is 3. The number of methoxy groups -OCH3 is 2. The van der Waals surface area contributed by atoms with E-state index in [0.717, 1.165) is 21.8 Å². The Morgan fingerprint density at radius 1 is 0.970 bits per heavy atom. The zero-order chi connectivity index (χ0) is 23.8. The van der Waals surface area contributed by atoms with E-state index in [0.29, 0.717) is 17.0 Å². The van der Waals surface area contributed by atoms with Crippen LogP contribution >= 0.6 is 11.8 Å². The highest BCUT2D eigenvalue weighted by Crippen LogP contribution is 2.28. The van der Waals surface area contributed by atoms with Gasteiger partial charge in [0.2, 0.25) is 5.91 Å². The lowest BCUT2D eigenvalue weighted by Gasteiger charge is -2.19. The van der Waals surface area contributed by atoms with Crippen LogP contribution in [-0.2, 0) is 4.79 Å². The molecule has 0 aliphatic heterocycles. The molecular formula is C26H28N2O4S. The molecule has 0 bridgehead atoms. The number of thioether (sulfide) groups is 1. The highest BCUT2D eigenvalue weighted by Gasteiger charge is 2.18. The Kier molecular flexibility index (Phi) is 8.38. The Hall–Kier alpha value is -3.45. The fourth-order valence-electron chi connectivity index (χ4n) is 3.37. The summed E-state index contributed by atoms with van der Waals surface area (Å²) in [5.74, 6) is 1.19. The molecule has 0 heterocycles. The molecule has 0 fully saturated rings. The second-order valence-electron chi connectivity index (χ2n) is 7.51. The molecule has 7 heteroatoms. The zero-order valence-electron chi connectivity index (χ0n) is 19.2. The van der Waals surface area contributed by atoms with Crippen LogP contribution in [0.15, 0.2) is 71.6 Å². The van der Waals surface area contributed by atoms with Crippen LogP contribution in [0.5, 0.6) is 11.5 Å². The van der Waals surface area contributed by atoms with Crippen molar-refractivity contribution in [2.45, 2.75) is 24.8 Å². The average molecular weight is 465 g/mol. The maximum atomic E-state index is 13.1. The first-order valence-corrected chi connectivity index (χ1v) is 11.5. The highest BCUT2D eigenvalue weighted by atomic mass is 32.2. The number of hydrogen-bond donors (Lipinski definition) is 2. The van der Waals surface area contributed by atoms with Crippen LogP contribution in [0.1, 0.15) is 34.5 Å². The molecule has 0 radical (unpaired) electrons. The topological polar surface area (TPSA) is 76.7 Å². The molecule has 0 saturated carbocycles. The summed E-state index contributed by atoms with van der Waals surface area (Å²) < 4.78 is 10.6. The summed E-state index contributed by atoms with van der Waals surface area (Å²) in [4.78, 5) is 26.2. The largest absolute Gasteiger partial charge is 0.497 e. The number of ether oxygens (including phenoxy) is 2. The molecule has 172 valence electrons. The number of aryl methyl sites for hydroxylation is 1. The van der Waals surface area contributed by atoms with Crippen LogP contribution in [0.3, 0.4) is 0 Å². The predicted octanol–water partition coefficient (Wildman–Crippen LogP) is 5.23. The Labute approximate surface area is 198 Å². The molecule has 0 aromatic heterocycles. The number of nitrogens with one attached hydrogen (secondary N) is 2. The second-order valence-corrected chi connectivity index (χ2v) is 8.52. The Balaban J connectivity index is 1.66. The van der Waals surface area contributed by atoms with E-state index in [9.17, 15) is 9.59 Å². The minimum Gasteiger partial charge on any atom is -0.497 e. The van der Waals surface area contributed by atoms with Crippen molar-refractivity contribution in [3.05, 3.63) is 83.4 Å². The molecular weight excluding hydrogens is 436 g/mol. The molecule has 2 amide bonds. The number of hydrogen-bond acceptors (Lipinski definition) is 5. The first-order chi connectivity index (χ1) is 15.9. The van der Waals surface area contributed by atoms with E-state index in [1.807, 2.05) is 62.4 Å². The van der Waals surface area contributed by atoms with Gasteiger partial charge in [0, 0.05) is 22.2 Å². The van der Waals surface area contributed by atoms with E-state index in [2.05, 4.69) is 10.6 Å². The minimum absolute atomic E-state index is 0.165. The third kappa shape index (κ3) is 6.52. The molecule has 0 aliphatic carbocycles. The van der Waals surface area contributed by atoms with Crippen molar-refractivity contribution in [1.82, 2.24) is 5.32 Å². The third-order valence-electron chi connectivity index (χ3n) is 5.04. The van der Waals surface area contributed by atoms with Crippen LogP contribution in [0, 0.1) is 6.92 Å². The van der Waals surface area contributed by atoms with E-state index in [-0.39, 0.29) is 23.6 Å². The van der Waals surface area contributed by atoms with Crippen molar-refractivity contribution in [3.63, 3.8) is 0 Å². The molecule has 3 aromatic rings. The van der Waals surface area contributed by atoms with E-state index in [1.165, 1.54) is 11.8 Å². The van der Waals surface area contributed by atoms with Gasteiger partial charge in [0.25, 0.3) is 5.91 Å². The van der Waals surface area contributed by atoms with Gasteiger partial charge in [-0.1, -0.05) is 35.9 Å².